The lowest BCUT2D eigenvalue weighted by molar-refractivity contribution is -0.135. The van der Waals surface area contributed by atoms with E-state index in [1.807, 2.05) is 12.1 Å². The predicted molar refractivity (Wildman–Crippen MR) is 112 cm³/mol. The number of carboxylic acid groups (broad SMARTS) is 1. The first kappa shape index (κ1) is 19.8. The number of para-hydroxylation sites is 2. The van der Waals surface area contributed by atoms with Gasteiger partial charge in [-0.1, -0.05) is 35.9 Å². The van der Waals surface area contributed by atoms with Crippen LogP contribution >= 0.6 is 11.6 Å². The highest BCUT2D eigenvalue weighted by Gasteiger charge is 2.18. The van der Waals surface area contributed by atoms with Crippen molar-refractivity contribution in [3.8, 4) is 0 Å². The molecule has 2 aromatic heterocycles. The Morgan fingerprint density at radius 2 is 1.97 bits per heavy atom. The molecule has 0 fully saturated rings. The van der Waals surface area contributed by atoms with E-state index < -0.39 is 5.97 Å². The number of aromatic nitrogens is 3. The van der Waals surface area contributed by atoms with Crippen LogP contribution in [0.3, 0.4) is 0 Å². The van der Waals surface area contributed by atoms with Crippen LogP contribution in [0.15, 0.2) is 52.9 Å². The van der Waals surface area contributed by atoms with Crippen molar-refractivity contribution in [3.63, 3.8) is 0 Å². The zero-order valence-electron chi connectivity index (χ0n) is 16.0. The van der Waals surface area contributed by atoms with Gasteiger partial charge in [-0.25, -0.2) is 14.1 Å². The fraction of sp³-hybridized carbons (Fsp3) is 0.136. The van der Waals surface area contributed by atoms with Crippen LogP contribution in [0.5, 0.6) is 0 Å². The van der Waals surface area contributed by atoms with Crippen LogP contribution < -0.4 is 0 Å². The van der Waals surface area contributed by atoms with Crippen molar-refractivity contribution in [3.05, 3.63) is 82.2 Å². The van der Waals surface area contributed by atoms with Gasteiger partial charge in [0.1, 0.15) is 16.5 Å². The molecule has 6 nitrogen and oxygen atoms in total. The maximum Gasteiger partial charge on any atom is 0.308 e. The lowest BCUT2D eigenvalue weighted by atomic mass is 10.1. The summed E-state index contributed by atoms with van der Waals surface area (Å²) >= 11 is 6.54. The summed E-state index contributed by atoms with van der Waals surface area (Å²) in [6.45, 7) is 2.13. The van der Waals surface area contributed by atoms with Gasteiger partial charge in [0, 0.05) is 11.1 Å². The van der Waals surface area contributed by atoms with Gasteiger partial charge >= 0.3 is 5.97 Å². The topological polar surface area (TPSA) is 81.2 Å². The fourth-order valence-electron chi connectivity index (χ4n) is 3.13. The van der Waals surface area contributed by atoms with E-state index in [1.165, 1.54) is 12.1 Å². The molecule has 4 aromatic rings. The number of rotatable bonds is 6. The number of hydrogen-bond donors (Lipinski definition) is 1. The van der Waals surface area contributed by atoms with Crippen LogP contribution in [0.4, 0.5) is 4.39 Å². The number of carbonyl (C=O) groups is 1. The monoisotopic (exact) mass is 425 g/mol. The van der Waals surface area contributed by atoms with Crippen molar-refractivity contribution in [2.75, 3.05) is 0 Å². The Labute approximate surface area is 176 Å². The van der Waals surface area contributed by atoms with Crippen molar-refractivity contribution < 1.29 is 18.7 Å². The van der Waals surface area contributed by atoms with Crippen molar-refractivity contribution in [1.82, 2.24) is 14.8 Å². The Bertz CT molecular complexity index is 1230. The summed E-state index contributed by atoms with van der Waals surface area (Å²) < 4.78 is 20.5. The van der Waals surface area contributed by atoms with Crippen molar-refractivity contribution in [2.24, 2.45) is 0 Å². The number of oxazole rings is 1. The molecule has 0 spiro atoms. The number of aliphatic carboxylic acids is 1. The molecule has 8 heteroatoms. The first-order valence-corrected chi connectivity index (χ1v) is 9.54. The first-order chi connectivity index (χ1) is 14.4. The smallest absolute Gasteiger partial charge is 0.308 e. The summed E-state index contributed by atoms with van der Waals surface area (Å²) in [6.07, 6.45) is 1.36. The van der Waals surface area contributed by atoms with Gasteiger partial charge < -0.3 is 9.52 Å². The number of fused-ring (bicyclic) bond motifs is 1. The van der Waals surface area contributed by atoms with Crippen LogP contribution in [0.25, 0.3) is 22.7 Å². The maximum atomic E-state index is 13.1. The maximum absolute atomic E-state index is 13.1. The molecule has 30 heavy (non-hydrogen) atoms. The summed E-state index contributed by atoms with van der Waals surface area (Å²) in [5, 5.41) is 14.2. The van der Waals surface area contributed by atoms with Crippen molar-refractivity contribution >= 4 is 40.3 Å². The number of aryl methyl sites for hydroxylation is 1. The molecular weight excluding hydrogens is 409 g/mol. The third kappa shape index (κ3) is 4.11. The SMILES string of the molecule is Cc1nn(Cc2ccc(F)cc2)c(Cl)c1C=C(CC(=O)O)c1nc2ccccc2o1. The van der Waals surface area contributed by atoms with E-state index in [4.69, 9.17) is 16.0 Å². The van der Waals surface area contributed by atoms with Gasteiger partial charge in [-0.3, -0.25) is 4.79 Å². The fourth-order valence-corrected chi connectivity index (χ4v) is 3.42. The highest BCUT2D eigenvalue weighted by Crippen LogP contribution is 2.29. The average Bonchev–Trinajstić information content (AvgIpc) is 3.25. The van der Waals surface area contributed by atoms with Gasteiger partial charge in [0.15, 0.2) is 5.58 Å². The molecule has 0 saturated carbocycles. The molecule has 0 aliphatic rings. The minimum atomic E-state index is -1.02. The molecule has 2 heterocycles. The second-order valence-corrected chi connectivity index (χ2v) is 7.16. The van der Waals surface area contributed by atoms with E-state index in [1.54, 1.807) is 41.9 Å². The van der Waals surface area contributed by atoms with E-state index in [9.17, 15) is 14.3 Å². The zero-order chi connectivity index (χ0) is 21.3. The highest BCUT2D eigenvalue weighted by molar-refractivity contribution is 6.31. The number of hydrogen-bond acceptors (Lipinski definition) is 4. The Kier molecular flexibility index (Phi) is 5.37. The molecule has 0 bridgehead atoms. The predicted octanol–water partition coefficient (Wildman–Crippen LogP) is 5.19. The van der Waals surface area contributed by atoms with Gasteiger partial charge in [-0.15, -0.1) is 0 Å². The molecule has 2 aromatic carbocycles. The largest absolute Gasteiger partial charge is 0.481 e. The first-order valence-electron chi connectivity index (χ1n) is 9.16. The minimum absolute atomic E-state index is 0.223. The third-order valence-corrected chi connectivity index (χ3v) is 4.98. The number of nitrogens with zero attached hydrogens (tertiary/aromatic N) is 3. The van der Waals surface area contributed by atoms with Gasteiger partial charge in [-0.05, 0) is 42.8 Å². The minimum Gasteiger partial charge on any atom is -0.481 e. The van der Waals surface area contributed by atoms with Crippen LogP contribution in [0.2, 0.25) is 5.15 Å². The molecule has 152 valence electrons. The van der Waals surface area contributed by atoms with E-state index in [-0.39, 0.29) is 18.1 Å². The second-order valence-electron chi connectivity index (χ2n) is 6.80. The van der Waals surface area contributed by atoms with Gasteiger partial charge in [0.05, 0.1) is 18.7 Å². The summed E-state index contributed by atoms with van der Waals surface area (Å²) in [7, 11) is 0. The van der Waals surface area contributed by atoms with E-state index in [0.29, 0.717) is 39.6 Å². The van der Waals surface area contributed by atoms with Crippen LogP contribution in [0.1, 0.15) is 29.1 Å². The highest BCUT2D eigenvalue weighted by atomic mass is 35.5. The summed E-state index contributed by atoms with van der Waals surface area (Å²) in [4.78, 5) is 15.8. The molecule has 0 radical (unpaired) electrons. The summed E-state index contributed by atoms with van der Waals surface area (Å²) in [5.41, 5.74) is 3.63. The molecule has 0 aliphatic heterocycles. The summed E-state index contributed by atoms with van der Waals surface area (Å²) in [5.74, 6) is -1.11. The van der Waals surface area contributed by atoms with Crippen LogP contribution in [-0.2, 0) is 11.3 Å². The molecule has 0 amide bonds. The molecule has 0 saturated heterocycles. The third-order valence-electron chi connectivity index (χ3n) is 4.58. The molecule has 0 aliphatic carbocycles. The number of halogens is 2. The standard InChI is InChI=1S/C22H17ClFN3O3/c1-13-17(21(23)27(26-13)12-14-6-8-16(24)9-7-14)10-15(11-20(28)29)22-25-18-4-2-3-5-19(18)30-22/h2-10H,11-12H2,1H3,(H,28,29). The van der Waals surface area contributed by atoms with Crippen molar-refractivity contribution in [2.45, 2.75) is 19.9 Å². The molecule has 0 unspecified atom stereocenters. The lowest BCUT2D eigenvalue weighted by Gasteiger charge is -2.04. The van der Waals surface area contributed by atoms with Crippen LogP contribution in [-0.4, -0.2) is 25.8 Å². The van der Waals surface area contributed by atoms with Gasteiger partial charge in [0.2, 0.25) is 5.89 Å². The second kappa shape index (κ2) is 8.12. The summed E-state index contributed by atoms with van der Waals surface area (Å²) in [6, 6.07) is 13.3. The zero-order valence-corrected chi connectivity index (χ0v) is 16.7. The lowest BCUT2D eigenvalue weighted by Crippen LogP contribution is -2.02. The van der Waals surface area contributed by atoms with Gasteiger partial charge in [0.25, 0.3) is 0 Å². The Morgan fingerprint density at radius 1 is 1.23 bits per heavy atom. The average molecular weight is 426 g/mol. The van der Waals surface area contributed by atoms with Crippen LogP contribution in [0, 0.1) is 12.7 Å². The molecule has 1 N–H and O–H groups in total. The van der Waals surface area contributed by atoms with E-state index in [2.05, 4.69) is 10.1 Å². The van der Waals surface area contributed by atoms with Gasteiger partial charge in [-0.2, -0.15) is 5.10 Å². The molecule has 0 atom stereocenters. The van der Waals surface area contributed by atoms with E-state index in [0.717, 1.165) is 5.56 Å². The molecule has 4 rings (SSSR count). The Hall–Kier alpha value is -3.45. The quantitative estimate of drug-likeness (QED) is 0.459. The normalized spacial score (nSPS) is 11.9. The Morgan fingerprint density at radius 3 is 2.67 bits per heavy atom. The molecular formula is C22H17ClFN3O3. The van der Waals surface area contributed by atoms with Crippen molar-refractivity contribution in [1.29, 1.82) is 0 Å². The van der Waals surface area contributed by atoms with E-state index >= 15 is 0 Å². The number of benzene rings is 2. The Balaban J connectivity index is 1.73. The number of carboxylic acids is 1.